The number of amides is 1. The van der Waals surface area contributed by atoms with Crippen LogP contribution in [0.25, 0.3) is 16.0 Å². The summed E-state index contributed by atoms with van der Waals surface area (Å²) >= 11 is 13.8. The van der Waals surface area contributed by atoms with Gasteiger partial charge in [-0.15, -0.1) is 0 Å². The predicted molar refractivity (Wildman–Crippen MR) is 152 cm³/mol. The number of aliphatic hydroxyl groups excluding tert-OH is 1. The Bertz CT molecular complexity index is 1700. The van der Waals surface area contributed by atoms with Crippen molar-refractivity contribution < 1.29 is 24.2 Å². The molecule has 1 N–H and O–H groups in total. The number of benzene rings is 3. The lowest BCUT2D eigenvalue weighted by atomic mass is 9.94. The van der Waals surface area contributed by atoms with Gasteiger partial charge in [-0.25, -0.2) is 4.98 Å². The number of carbonyl (C=O) groups is 2. The van der Waals surface area contributed by atoms with Crippen molar-refractivity contribution in [3.05, 3.63) is 86.9 Å². The zero-order valence-corrected chi connectivity index (χ0v) is 23.2. The molecule has 1 amide bonds. The number of thiazole rings is 1. The van der Waals surface area contributed by atoms with E-state index in [9.17, 15) is 14.7 Å². The number of Topliss-reactive ketones (excluding diaryl/α,β-unsaturated/α-hetero) is 1. The fourth-order valence-electron chi connectivity index (χ4n) is 5.00. The van der Waals surface area contributed by atoms with Gasteiger partial charge in [0.15, 0.2) is 5.13 Å². The average molecular weight is 581 g/mol. The fraction of sp³-hybridized carbons (Fsp3) is 0.207. The first-order valence-electron chi connectivity index (χ1n) is 12.3. The Morgan fingerprint density at radius 3 is 2.72 bits per heavy atom. The molecule has 1 fully saturated rings. The highest BCUT2D eigenvalue weighted by Gasteiger charge is 2.48. The zero-order chi connectivity index (χ0) is 27.4. The molecular weight excluding hydrogens is 559 g/mol. The first-order chi connectivity index (χ1) is 18.7. The fourth-order valence-corrected chi connectivity index (χ4v) is 6.33. The van der Waals surface area contributed by atoms with Gasteiger partial charge in [-0.2, -0.15) is 0 Å². The number of hydrogen-bond acceptors (Lipinski definition) is 7. The van der Waals surface area contributed by atoms with Crippen LogP contribution in [0.1, 0.15) is 36.6 Å². The smallest absolute Gasteiger partial charge is 0.301 e. The molecule has 0 spiro atoms. The van der Waals surface area contributed by atoms with Crippen molar-refractivity contribution in [3.8, 4) is 11.5 Å². The standard InChI is InChI=1S/C29H22Cl2N2O5S/c1-3-37-18-6-8-21-23(13-18)39-29(32-21)33-25(15-4-7-19(30)20(31)12-15)24(27(35)28(33)36)26(34)16-5-9-22-17(11-16)10-14(2)38-22/h4-9,11-14,25,34H,3,10H2,1-2H3/t14-,25+/m0/s1. The highest BCUT2D eigenvalue weighted by Crippen LogP contribution is 2.46. The molecule has 2 aliphatic rings. The molecule has 1 saturated heterocycles. The van der Waals surface area contributed by atoms with Gasteiger partial charge >= 0.3 is 5.91 Å². The van der Waals surface area contributed by atoms with E-state index in [1.807, 2.05) is 19.9 Å². The second kappa shape index (κ2) is 9.86. The summed E-state index contributed by atoms with van der Waals surface area (Å²) in [4.78, 5) is 33.1. The Morgan fingerprint density at radius 2 is 1.95 bits per heavy atom. The highest BCUT2D eigenvalue weighted by atomic mass is 35.5. The van der Waals surface area contributed by atoms with Crippen LogP contribution >= 0.6 is 34.5 Å². The normalized spacial score (nSPS) is 19.9. The van der Waals surface area contributed by atoms with Crippen LogP contribution in [0, 0.1) is 0 Å². The van der Waals surface area contributed by atoms with Crippen LogP contribution in [0.5, 0.6) is 11.5 Å². The van der Waals surface area contributed by atoms with Crippen molar-refractivity contribution >= 4 is 67.3 Å². The molecule has 0 radical (unpaired) electrons. The Balaban J connectivity index is 1.52. The SMILES string of the molecule is CCOc1ccc2nc(N3C(=O)C(=O)C(=C(O)c4ccc5c(c4)C[C@H](C)O5)[C@H]3c3ccc(Cl)c(Cl)c3)sc2c1. The van der Waals surface area contributed by atoms with Crippen LogP contribution in [0.3, 0.4) is 0 Å². The number of rotatable bonds is 5. The van der Waals surface area contributed by atoms with Crippen LogP contribution in [0.2, 0.25) is 10.0 Å². The van der Waals surface area contributed by atoms with Gasteiger partial charge < -0.3 is 14.6 Å². The van der Waals surface area contributed by atoms with E-state index in [2.05, 4.69) is 4.98 Å². The van der Waals surface area contributed by atoms with Gasteiger partial charge in [0.2, 0.25) is 0 Å². The van der Waals surface area contributed by atoms with E-state index in [0.717, 1.165) is 16.0 Å². The molecule has 0 unspecified atom stereocenters. The molecule has 4 aromatic rings. The largest absolute Gasteiger partial charge is 0.507 e. The topological polar surface area (TPSA) is 89.0 Å². The number of carbonyl (C=O) groups excluding carboxylic acids is 2. The highest BCUT2D eigenvalue weighted by molar-refractivity contribution is 7.22. The van der Waals surface area contributed by atoms with E-state index in [0.29, 0.717) is 45.6 Å². The third-order valence-corrected chi connectivity index (χ3v) is 8.50. The molecule has 10 heteroatoms. The monoisotopic (exact) mass is 580 g/mol. The lowest BCUT2D eigenvalue weighted by Crippen LogP contribution is -2.29. The minimum absolute atomic E-state index is 0.0152. The van der Waals surface area contributed by atoms with Gasteiger partial charge in [0.1, 0.15) is 23.4 Å². The zero-order valence-electron chi connectivity index (χ0n) is 20.9. The van der Waals surface area contributed by atoms with Crippen LogP contribution in [-0.4, -0.2) is 34.5 Å². The van der Waals surface area contributed by atoms with Gasteiger partial charge in [0, 0.05) is 12.0 Å². The molecule has 198 valence electrons. The van der Waals surface area contributed by atoms with Gasteiger partial charge in [0.05, 0.1) is 38.5 Å². The van der Waals surface area contributed by atoms with Crippen LogP contribution in [0.15, 0.2) is 60.2 Å². The maximum absolute atomic E-state index is 13.6. The Kier molecular flexibility index (Phi) is 6.49. The van der Waals surface area contributed by atoms with Crippen molar-refractivity contribution in [1.82, 2.24) is 4.98 Å². The van der Waals surface area contributed by atoms with E-state index in [4.69, 9.17) is 32.7 Å². The summed E-state index contributed by atoms with van der Waals surface area (Å²) in [6, 6.07) is 14.6. The molecule has 0 aliphatic carbocycles. The van der Waals surface area contributed by atoms with Gasteiger partial charge in [-0.3, -0.25) is 14.5 Å². The van der Waals surface area contributed by atoms with Crippen LogP contribution < -0.4 is 14.4 Å². The number of hydrogen-bond donors (Lipinski definition) is 1. The number of ether oxygens (including phenoxy) is 2. The van der Waals surface area contributed by atoms with E-state index < -0.39 is 17.7 Å². The molecule has 3 heterocycles. The third-order valence-electron chi connectivity index (χ3n) is 6.74. The molecule has 39 heavy (non-hydrogen) atoms. The second-order valence-electron chi connectivity index (χ2n) is 9.36. The molecule has 0 bridgehead atoms. The molecule has 6 rings (SSSR count). The van der Waals surface area contributed by atoms with E-state index in [1.54, 1.807) is 48.5 Å². The average Bonchev–Trinajstić information content (AvgIpc) is 3.57. The number of aliphatic hydroxyl groups is 1. The molecule has 2 atom stereocenters. The number of ketones is 1. The summed E-state index contributed by atoms with van der Waals surface area (Å²) in [6.07, 6.45) is 0.692. The number of nitrogens with zero attached hydrogens (tertiary/aromatic N) is 2. The van der Waals surface area contributed by atoms with Gasteiger partial charge in [-0.05, 0) is 73.5 Å². The molecular formula is C29H22Cl2N2O5S. The molecule has 2 aliphatic heterocycles. The summed E-state index contributed by atoms with van der Waals surface area (Å²) in [5, 5.41) is 12.4. The number of anilines is 1. The van der Waals surface area contributed by atoms with Crippen molar-refractivity contribution in [2.75, 3.05) is 11.5 Å². The van der Waals surface area contributed by atoms with Crippen LogP contribution in [-0.2, 0) is 16.0 Å². The Labute approximate surface area is 238 Å². The maximum atomic E-state index is 13.6. The summed E-state index contributed by atoms with van der Waals surface area (Å²) in [7, 11) is 0. The predicted octanol–water partition coefficient (Wildman–Crippen LogP) is 6.95. The Hall–Kier alpha value is -3.59. The summed E-state index contributed by atoms with van der Waals surface area (Å²) < 4.78 is 12.2. The Morgan fingerprint density at radius 1 is 1.13 bits per heavy atom. The maximum Gasteiger partial charge on any atom is 0.301 e. The first kappa shape index (κ1) is 25.7. The third kappa shape index (κ3) is 4.42. The summed E-state index contributed by atoms with van der Waals surface area (Å²) in [5.74, 6) is -0.480. The number of fused-ring (bicyclic) bond motifs is 2. The van der Waals surface area contributed by atoms with Gasteiger partial charge in [0.25, 0.3) is 5.78 Å². The van der Waals surface area contributed by atoms with Gasteiger partial charge in [-0.1, -0.05) is 40.6 Å². The van der Waals surface area contributed by atoms with Crippen molar-refractivity contribution in [2.24, 2.45) is 0 Å². The lowest BCUT2D eigenvalue weighted by Gasteiger charge is -2.23. The molecule has 1 aromatic heterocycles. The van der Waals surface area contributed by atoms with E-state index in [-0.39, 0.29) is 22.5 Å². The van der Waals surface area contributed by atoms with Crippen LogP contribution in [0.4, 0.5) is 5.13 Å². The minimum Gasteiger partial charge on any atom is -0.507 e. The van der Waals surface area contributed by atoms with Crippen molar-refractivity contribution in [2.45, 2.75) is 32.4 Å². The second-order valence-corrected chi connectivity index (χ2v) is 11.2. The number of aromatic nitrogens is 1. The lowest BCUT2D eigenvalue weighted by molar-refractivity contribution is -0.132. The van der Waals surface area contributed by atoms with E-state index >= 15 is 0 Å². The van der Waals surface area contributed by atoms with E-state index in [1.165, 1.54) is 16.2 Å². The quantitative estimate of drug-likeness (QED) is 0.156. The van der Waals surface area contributed by atoms with Crippen molar-refractivity contribution in [3.63, 3.8) is 0 Å². The minimum atomic E-state index is -0.977. The molecule has 7 nitrogen and oxygen atoms in total. The first-order valence-corrected chi connectivity index (χ1v) is 13.9. The summed E-state index contributed by atoms with van der Waals surface area (Å²) in [6.45, 7) is 4.37. The molecule has 3 aromatic carbocycles. The van der Waals surface area contributed by atoms with Crippen molar-refractivity contribution in [1.29, 1.82) is 0 Å². The molecule has 0 saturated carbocycles. The summed E-state index contributed by atoms with van der Waals surface area (Å²) in [5.41, 5.74) is 2.45. The number of halogens is 2.